The fourth-order valence-electron chi connectivity index (χ4n) is 5.23. The molecule has 2 heterocycles. The zero-order valence-electron chi connectivity index (χ0n) is 20.5. The van der Waals surface area contributed by atoms with Crippen molar-refractivity contribution in [3.05, 3.63) is 88.1 Å². The number of carboxylic acids is 1. The Morgan fingerprint density at radius 3 is 2.46 bits per heavy atom. The van der Waals surface area contributed by atoms with Crippen LogP contribution in [0.15, 0.2) is 65.8 Å². The van der Waals surface area contributed by atoms with E-state index in [1.807, 2.05) is 52.0 Å². The molecule has 0 aliphatic heterocycles. The van der Waals surface area contributed by atoms with Gasteiger partial charge < -0.3 is 10.4 Å². The van der Waals surface area contributed by atoms with Crippen LogP contribution in [0.25, 0.3) is 11.1 Å². The summed E-state index contributed by atoms with van der Waals surface area (Å²) in [5, 5.41) is 12.6. The van der Waals surface area contributed by atoms with Gasteiger partial charge in [0.15, 0.2) is 0 Å². The molecule has 0 saturated heterocycles. The predicted octanol–water partition coefficient (Wildman–Crippen LogP) is 4.23. The fourth-order valence-corrected chi connectivity index (χ4v) is 5.23. The number of hydrogen-bond acceptors (Lipinski definition) is 4. The van der Waals surface area contributed by atoms with Crippen molar-refractivity contribution in [1.29, 1.82) is 0 Å². The van der Waals surface area contributed by atoms with Crippen LogP contribution in [-0.4, -0.2) is 26.5 Å². The number of carboxylic acid groups (broad SMARTS) is 1. The Bertz CT molecular complexity index is 1310. The summed E-state index contributed by atoms with van der Waals surface area (Å²) in [6.45, 7) is 8.10. The first-order chi connectivity index (χ1) is 16.6. The lowest BCUT2D eigenvalue weighted by Gasteiger charge is -2.25. The molecule has 3 aromatic rings. The van der Waals surface area contributed by atoms with E-state index < -0.39 is 17.6 Å². The van der Waals surface area contributed by atoms with Crippen molar-refractivity contribution in [3.63, 3.8) is 0 Å². The van der Waals surface area contributed by atoms with Gasteiger partial charge >= 0.3 is 5.97 Å². The lowest BCUT2D eigenvalue weighted by molar-refractivity contribution is -0.138. The molecule has 0 bridgehead atoms. The van der Waals surface area contributed by atoms with Crippen molar-refractivity contribution in [3.8, 4) is 11.1 Å². The van der Waals surface area contributed by atoms with Gasteiger partial charge in [-0.25, -0.2) is 0 Å². The topological polar surface area (TPSA) is 101 Å². The van der Waals surface area contributed by atoms with Crippen LogP contribution in [0.1, 0.15) is 49.4 Å². The maximum atomic E-state index is 13.7. The smallest absolute Gasteiger partial charge is 0.305 e. The Kier molecular flexibility index (Phi) is 6.61. The van der Waals surface area contributed by atoms with E-state index in [2.05, 4.69) is 10.3 Å². The lowest BCUT2D eigenvalue weighted by Crippen LogP contribution is -2.46. The molecule has 1 aliphatic carbocycles. The molecule has 2 N–H and O–H groups in total. The summed E-state index contributed by atoms with van der Waals surface area (Å²) in [6.07, 6.45) is 5.22. The Labute approximate surface area is 204 Å². The van der Waals surface area contributed by atoms with Gasteiger partial charge in [0.25, 0.3) is 5.56 Å². The van der Waals surface area contributed by atoms with E-state index in [9.17, 15) is 19.5 Å². The number of carbonyl (C=O) groups excluding carboxylic acids is 1. The first-order valence-electron chi connectivity index (χ1n) is 11.9. The molecule has 7 nitrogen and oxygen atoms in total. The van der Waals surface area contributed by atoms with E-state index >= 15 is 0 Å². The zero-order valence-corrected chi connectivity index (χ0v) is 20.5. The van der Waals surface area contributed by atoms with Crippen LogP contribution in [0.4, 0.5) is 0 Å². The summed E-state index contributed by atoms with van der Waals surface area (Å²) in [5.41, 5.74) is 3.41. The number of benzene rings is 1. The highest BCUT2D eigenvalue weighted by atomic mass is 16.4. The second kappa shape index (κ2) is 9.49. The van der Waals surface area contributed by atoms with Crippen molar-refractivity contribution in [2.45, 2.75) is 52.1 Å². The van der Waals surface area contributed by atoms with Gasteiger partial charge in [-0.2, -0.15) is 0 Å². The van der Waals surface area contributed by atoms with Crippen LogP contribution >= 0.6 is 0 Å². The monoisotopic (exact) mass is 473 g/mol. The Morgan fingerprint density at radius 1 is 1.14 bits per heavy atom. The number of carbonyl (C=O) groups is 2. The van der Waals surface area contributed by atoms with Crippen molar-refractivity contribution in [2.75, 3.05) is 0 Å². The molecule has 1 aliphatic rings. The highest BCUT2D eigenvalue weighted by Gasteiger charge is 2.63. The molecule has 0 radical (unpaired) electrons. The second-order valence-corrected chi connectivity index (χ2v) is 9.79. The van der Waals surface area contributed by atoms with Gasteiger partial charge in [0, 0.05) is 30.2 Å². The summed E-state index contributed by atoms with van der Waals surface area (Å²) < 4.78 is 1.50. The fraction of sp³-hybridized carbons (Fsp3) is 0.357. The van der Waals surface area contributed by atoms with E-state index in [4.69, 9.17) is 0 Å². The summed E-state index contributed by atoms with van der Waals surface area (Å²) in [6, 6.07) is 12.0. The molecule has 1 fully saturated rings. The standard InChI is InChI=1S/C28H31N3O4/c1-17(2)22-14-28(22,31-11-6-5-10-24(31)32)27(35)30-23(13-25(33)34)20-12-21(16-29-15-20)26-18(3)8-7-9-19(26)4/h5-12,15-17,22-23H,13-14H2,1-4H3,(H,30,35)(H,33,34)/t22?,23-,28?/m0/s1. The Hall–Kier alpha value is -3.74. The maximum Gasteiger partial charge on any atom is 0.305 e. The highest BCUT2D eigenvalue weighted by Crippen LogP contribution is 2.54. The van der Waals surface area contributed by atoms with E-state index in [-0.39, 0.29) is 29.7 Å². The van der Waals surface area contributed by atoms with Gasteiger partial charge in [0.1, 0.15) is 5.54 Å². The third kappa shape index (κ3) is 4.63. The average Bonchev–Trinajstić information content (AvgIpc) is 3.56. The van der Waals surface area contributed by atoms with E-state index in [1.165, 1.54) is 10.6 Å². The largest absolute Gasteiger partial charge is 0.481 e. The highest BCUT2D eigenvalue weighted by molar-refractivity contribution is 5.89. The molecule has 1 saturated carbocycles. The van der Waals surface area contributed by atoms with E-state index in [0.717, 1.165) is 22.3 Å². The van der Waals surface area contributed by atoms with Crippen molar-refractivity contribution in [1.82, 2.24) is 14.9 Å². The summed E-state index contributed by atoms with van der Waals surface area (Å²) in [7, 11) is 0. The normalized spacial score (nSPS) is 19.9. The van der Waals surface area contributed by atoms with Gasteiger partial charge in [-0.1, -0.05) is 38.1 Å². The molecule has 2 unspecified atom stereocenters. The first kappa shape index (κ1) is 24.4. The Balaban J connectivity index is 1.71. The van der Waals surface area contributed by atoms with Gasteiger partial charge in [-0.05, 0) is 66.5 Å². The molecule has 7 heteroatoms. The minimum Gasteiger partial charge on any atom is -0.481 e. The van der Waals surface area contributed by atoms with Gasteiger partial charge in [0.05, 0.1) is 12.5 Å². The molecule has 4 rings (SSSR count). The van der Waals surface area contributed by atoms with Gasteiger partial charge in [-0.3, -0.25) is 23.9 Å². The number of nitrogens with one attached hydrogen (secondary N) is 1. The van der Waals surface area contributed by atoms with Crippen LogP contribution in [0.3, 0.4) is 0 Å². The first-order valence-corrected chi connectivity index (χ1v) is 11.9. The third-order valence-electron chi connectivity index (χ3n) is 7.05. The van der Waals surface area contributed by atoms with Crippen molar-refractivity contribution < 1.29 is 14.7 Å². The molecule has 1 amide bonds. The maximum absolute atomic E-state index is 13.7. The molecular weight excluding hydrogens is 442 g/mol. The second-order valence-electron chi connectivity index (χ2n) is 9.79. The number of nitrogens with zero attached hydrogens (tertiary/aromatic N) is 2. The number of aromatic nitrogens is 2. The van der Waals surface area contributed by atoms with Gasteiger partial charge in [-0.15, -0.1) is 0 Å². The quantitative estimate of drug-likeness (QED) is 0.510. The van der Waals surface area contributed by atoms with Crippen molar-refractivity contribution >= 4 is 11.9 Å². The van der Waals surface area contributed by atoms with Crippen LogP contribution in [-0.2, 0) is 15.1 Å². The third-order valence-corrected chi connectivity index (χ3v) is 7.05. The minimum absolute atomic E-state index is 0.0212. The van der Waals surface area contributed by atoms with Gasteiger partial charge in [0.2, 0.25) is 5.91 Å². The molecular formula is C28H31N3O4. The lowest BCUT2D eigenvalue weighted by atomic mass is 9.94. The Morgan fingerprint density at radius 2 is 1.86 bits per heavy atom. The zero-order chi connectivity index (χ0) is 25.3. The van der Waals surface area contributed by atoms with Crippen LogP contribution in [0.5, 0.6) is 0 Å². The summed E-state index contributed by atoms with van der Waals surface area (Å²) >= 11 is 0. The number of amides is 1. The number of aryl methyl sites for hydroxylation is 2. The molecule has 0 spiro atoms. The number of aliphatic carboxylic acids is 1. The molecule has 35 heavy (non-hydrogen) atoms. The van der Waals surface area contributed by atoms with Crippen LogP contribution in [0.2, 0.25) is 0 Å². The van der Waals surface area contributed by atoms with Crippen LogP contribution < -0.4 is 10.9 Å². The average molecular weight is 474 g/mol. The number of rotatable bonds is 8. The summed E-state index contributed by atoms with van der Waals surface area (Å²) in [5.74, 6) is -1.21. The van der Waals surface area contributed by atoms with E-state index in [0.29, 0.717) is 12.0 Å². The molecule has 2 aromatic heterocycles. The summed E-state index contributed by atoms with van der Waals surface area (Å²) in [4.78, 5) is 42.5. The van der Waals surface area contributed by atoms with E-state index in [1.54, 1.807) is 30.7 Å². The minimum atomic E-state index is -1.03. The van der Waals surface area contributed by atoms with Crippen molar-refractivity contribution in [2.24, 2.45) is 11.8 Å². The molecule has 1 aromatic carbocycles. The predicted molar refractivity (Wildman–Crippen MR) is 134 cm³/mol. The molecule has 3 atom stereocenters. The molecule has 182 valence electrons. The number of pyridine rings is 2. The SMILES string of the molecule is Cc1cccc(C)c1-c1cncc([C@H](CC(=O)O)NC(=O)C2(n3ccccc3=O)CC2C(C)C)c1. The number of hydrogen-bond donors (Lipinski definition) is 2. The van der Waals surface area contributed by atoms with Crippen LogP contribution in [0, 0.1) is 25.7 Å².